The van der Waals surface area contributed by atoms with Crippen LogP contribution in [0.3, 0.4) is 0 Å². The van der Waals surface area contributed by atoms with E-state index in [2.05, 4.69) is 57.4 Å². The fourth-order valence-electron chi connectivity index (χ4n) is 4.06. The third-order valence-electron chi connectivity index (χ3n) is 5.96. The molecule has 1 N–H and O–H groups in total. The van der Waals surface area contributed by atoms with Crippen molar-refractivity contribution in [3.63, 3.8) is 0 Å². The average molecular weight is 462 g/mol. The van der Waals surface area contributed by atoms with E-state index < -0.39 is 0 Å². The molecule has 0 aliphatic carbocycles. The van der Waals surface area contributed by atoms with E-state index in [9.17, 15) is 4.39 Å². The monoisotopic (exact) mass is 461 g/mol. The number of benzene rings is 2. The molecule has 1 aliphatic heterocycles. The highest BCUT2D eigenvalue weighted by Gasteiger charge is 2.21. The van der Waals surface area contributed by atoms with Crippen molar-refractivity contribution < 1.29 is 4.39 Å². The van der Waals surface area contributed by atoms with Gasteiger partial charge in [-0.25, -0.2) is 4.39 Å². The molecular formula is C24H24FN7S. The van der Waals surface area contributed by atoms with E-state index >= 15 is 0 Å². The summed E-state index contributed by atoms with van der Waals surface area (Å²) in [4.78, 5) is 4.42. The molecule has 1 aliphatic rings. The van der Waals surface area contributed by atoms with Gasteiger partial charge in [0.1, 0.15) is 11.6 Å². The average Bonchev–Trinajstić information content (AvgIpc) is 3.25. The molecule has 0 amide bonds. The van der Waals surface area contributed by atoms with Crippen LogP contribution in [-0.4, -0.2) is 56.0 Å². The minimum absolute atomic E-state index is 0.288. The quantitative estimate of drug-likeness (QED) is 0.462. The minimum atomic E-state index is -0.288. The van der Waals surface area contributed by atoms with E-state index in [1.54, 1.807) is 16.6 Å². The topological polar surface area (TPSA) is 61.6 Å². The first-order valence-electron chi connectivity index (χ1n) is 10.8. The summed E-state index contributed by atoms with van der Waals surface area (Å²) in [5.74, 6) is 1.15. The maximum absolute atomic E-state index is 13.3. The first-order valence-corrected chi connectivity index (χ1v) is 11.3. The molecule has 3 heterocycles. The lowest BCUT2D eigenvalue weighted by Crippen LogP contribution is -2.50. The van der Waals surface area contributed by atoms with Crippen molar-refractivity contribution in [2.75, 3.05) is 36.4 Å². The minimum Gasteiger partial charge on any atom is -0.352 e. The van der Waals surface area contributed by atoms with E-state index in [1.807, 2.05) is 12.1 Å². The van der Waals surface area contributed by atoms with Gasteiger partial charge >= 0.3 is 0 Å². The number of nitrogens with zero attached hydrogens (tertiary/aromatic N) is 6. The molecule has 0 unspecified atom stereocenters. The van der Waals surface area contributed by atoms with Crippen LogP contribution in [0.5, 0.6) is 0 Å². The van der Waals surface area contributed by atoms with E-state index in [0.29, 0.717) is 11.5 Å². The number of fused-ring (bicyclic) bond motifs is 1. The number of anilines is 2. The van der Waals surface area contributed by atoms with E-state index in [1.165, 1.54) is 23.3 Å². The van der Waals surface area contributed by atoms with Gasteiger partial charge in [-0.05, 0) is 73.6 Å². The molecule has 1 fully saturated rings. The van der Waals surface area contributed by atoms with Crippen molar-refractivity contribution >= 4 is 34.5 Å². The van der Waals surface area contributed by atoms with Gasteiger partial charge in [-0.2, -0.15) is 4.52 Å². The molecule has 5 rings (SSSR count). The van der Waals surface area contributed by atoms with Crippen molar-refractivity contribution in [3.8, 4) is 11.4 Å². The molecule has 4 aromatic rings. The Morgan fingerprint density at radius 3 is 2.30 bits per heavy atom. The van der Waals surface area contributed by atoms with Crippen LogP contribution in [0, 0.1) is 19.7 Å². The van der Waals surface area contributed by atoms with Crippen molar-refractivity contribution in [2.45, 2.75) is 13.8 Å². The Balaban J connectivity index is 1.30. The Bertz CT molecular complexity index is 1290. The summed E-state index contributed by atoms with van der Waals surface area (Å²) in [6.45, 7) is 7.35. The highest BCUT2D eigenvalue weighted by Crippen LogP contribution is 2.22. The first kappa shape index (κ1) is 21.3. The number of aromatic nitrogens is 4. The zero-order valence-corrected chi connectivity index (χ0v) is 19.3. The van der Waals surface area contributed by atoms with Crippen LogP contribution in [0.1, 0.15) is 11.1 Å². The number of hydrogen-bond acceptors (Lipinski definition) is 5. The molecule has 2 aromatic carbocycles. The Kier molecular flexibility index (Phi) is 5.63. The number of thiocarbonyl (C=S) groups is 1. The number of piperazine rings is 1. The standard InChI is InChI=1S/C24H24FN7S/c1-16-4-3-5-17(2)22(16)26-24(33)31-14-12-30(13-15-31)21-11-10-20-27-28-23(32(20)29-21)18-6-8-19(25)9-7-18/h3-11H,12-15H2,1-2H3,(H,26,33). The van der Waals surface area contributed by atoms with Gasteiger partial charge in [0.2, 0.25) is 0 Å². The summed E-state index contributed by atoms with van der Waals surface area (Å²) >= 11 is 5.70. The van der Waals surface area contributed by atoms with Gasteiger partial charge in [-0.15, -0.1) is 15.3 Å². The molecule has 33 heavy (non-hydrogen) atoms. The summed E-state index contributed by atoms with van der Waals surface area (Å²) < 4.78 is 15.0. The van der Waals surface area contributed by atoms with Gasteiger partial charge in [0, 0.05) is 37.4 Å². The molecular weight excluding hydrogens is 437 g/mol. The summed E-state index contributed by atoms with van der Waals surface area (Å²) in [6.07, 6.45) is 0. The fourth-order valence-corrected chi connectivity index (χ4v) is 4.35. The molecule has 0 saturated carbocycles. The van der Waals surface area contributed by atoms with Crippen molar-refractivity contribution in [1.29, 1.82) is 0 Å². The van der Waals surface area contributed by atoms with Crippen molar-refractivity contribution in [3.05, 3.63) is 71.5 Å². The predicted molar refractivity (Wildman–Crippen MR) is 132 cm³/mol. The number of aryl methyl sites for hydroxylation is 2. The highest BCUT2D eigenvalue weighted by atomic mass is 32.1. The second-order valence-electron chi connectivity index (χ2n) is 8.16. The number of hydrogen-bond donors (Lipinski definition) is 1. The molecule has 168 valence electrons. The lowest BCUT2D eigenvalue weighted by molar-refractivity contribution is 0.389. The highest BCUT2D eigenvalue weighted by molar-refractivity contribution is 7.80. The summed E-state index contributed by atoms with van der Waals surface area (Å²) in [6, 6.07) is 16.3. The molecule has 0 radical (unpaired) electrons. The van der Waals surface area contributed by atoms with Crippen LogP contribution in [-0.2, 0) is 0 Å². The lowest BCUT2D eigenvalue weighted by Gasteiger charge is -2.37. The van der Waals surface area contributed by atoms with Gasteiger partial charge < -0.3 is 15.1 Å². The SMILES string of the molecule is Cc1cccc(C)c1NC(=S)N1CCN(c2ccc3nnc(-c4ccc(F)cc4)n3n2)CC1. The molecule has 1 saturated heterocycles. The second kappa shape index (κ2) is 8.74. The van der Waals surface area contributed by atoms with E-state index in [0.717, 1.165) is 48.4 Å². The molecule has 2 aromatic heterocycles. The smallest absolute Gasteiger partial charge is 0.185 e. The maximum atomic E-state index is 13.3. The van der Waals surface area contributed by atoms with Crippen molar-refractivity contribution in [1.82, 2.24) is 24.7 Å². The Morgan fingerprint density at radius 1 is 0.909 bits per heavy atom. The summed E-state index contributed by atoms with van der Waals surface area (Å²) in [7, 11) is 0. The van der Waals surface area contributed by atoms with Gasteiger partial charge in [-0.1, -0.05) is 18.2 Å². The Labute approximate surface area is 196 Å². The molecule has 0 atom stereocenters. The lowest BCUT2D eigenvalue weighted by atomic mass is 10.1. The number of halogens is 1. The van der Waals surface area contributed by atoms with E-state index in [4.69, 9.17) is 17.3 Å². The van der Waals surface area contributed by atoms with Gasteiger partial charge in [0.25, 0.3) is 0 Å². The van der Waals surface area contributed by atoms with Crippen LogP contribution >= 0.6 is 12.2 Å². The third kappa shape index (κ3) is 4.23. The number of para-hydroxylation sites is 1. The number of nitrogens with one attached hydrogen (secondary N) is 1. The van der Waals surface area contributed by atoms with Gasteiger partial charge in [-0.3, -0.25) is 0 Å². The Morgan fingerprint density at radius 2 is 1.61 bits per heavy atom. The third-order valence-corrected chi connectivity index (χ3v) is 6.32. The van der Waals surface area contributed by atoms with Crippen LogP contribution < -0.4 is 10.2 Å². The van der Waals surface area contributed by atoms with Crippen LogP contribution in [0.2, 0.25) is 0 Å². The van der Waals surface area contributed by atoms with E-state index in [-0.39, 0.29) is 5.82 Å². The first-order chi connectivity index (χ1) is 16.0. The molecule has 0 bridgehead atoms. The largest absolute Gasteiger partial charge is 0.352 e. The summed E-state index contributed by atoms with van der Waals surface area (Å²) in [5.41, 5.74) is 4.86. The molecule has 9 heteroatoms. The second-order valence-corrected chi connectivity index (χ2v) is 8.55. The molecule has 7 nitrogen and oxygen atoms in total. The zero-order chi connectivity index (χ0) is 22.9. The van der Waals surface area contributed by atoms with Crippen LogP contribution in [0.25, 0.3) is 17.0 Å². The maximum Gasteiger partial charge on any atom is 0.185 e. The fraction of sp³-hybridized carbons (Fsp3) is 0.250. The van der Waals surface area contributed by atoms with Crippen molar-refractivity contribution in [2.24, 2.45) is 0 Å². The normalized spacial score (nSPS) is 14.0. The molecule has 0 spiro atoms. The predicted octanol–water partition coefficient (Wildman–Crippen LogP) is 4.07. The Hall–Kier alpha value is -3.59. The zero-order valence-electron chi connectivity index (χ0n) is 18.5. The summed E-state index contributed by atoms with van der Waals surface area (Å²) in [5, 5.41) is 17.4. The van der Waals surface area contributed by atoms with Crippen LogP contribution in [0.15, 0.2) is 54.6 Å². The van der Waals surface area contributed by atoms with Gasteiger partial charge in [0.05, 0.1) is 0 Å². The number of rotatable bonds is 3. The van der Waals surface area contributed by atoms with Crippen LogP contribution in [0.4, 0.5) is 15.9 Å². The van der Waals surface area contributed by atoms with Gasteiger partial charge in [0.15, 0.2) is 16.6 Å².